The molecule has 1 aliphatic heterocycles. The van der Waals surface area contributed by atoms with Crippen molar-refractivity contribution in [1.29, 1.82) is 5.26 Å². The molecule has 0 amide bonds. The zero-order valence-electron chi connectivity index (χ0n) is 14.5. The van der Waals surface area contributed by atoms with Crippen molar-refractivity contribution >= 4 is 21.3 Å². The number of hydrogen-bond donors (Lipinski definition) is 1. The second-order valence-electron chi connectivity index (χ2n) is 5.60. The lowest BCUT2D eigenvalue weighted by Gasteiger charge is -2.29. The van der Waals surface area contributed by atoms with Gasteiger partial charge in [0.05, 0.1) is 19.8 Å². The molecule has 25 heavy (non-hydrogen) atoms. The molecule has 0 bridgehead atoms. The van der Waals surface area contributed by atoms with Crippen LogP contribution in [0, 0.1) is 11.3 Å². The summed E-state index contributed by atoms with van der Waals surface area (Å²) in [6, 6.07) is 9.35. The number of nitriles is 1. The molecule has 0 aliphatic carbocycles. The SMILES string of the molecule is COCCNS(=O)(=O)/C(C#N)=C(\C)c1ccc(N2CCOCC2)cc1. The van der Waals surface area contributed by atoms with Crippen molar-refractivity contribution in [3.63, 3.8) is 0 Å². The van der Waals surface area contributed by atoms with E-state index < -0.39 is 10.0 Å². The summed E-state index contributed by atoms with van der Waals surface area (Å²) in [5.74, 6) is 0. The third-order valence-electron chi connectivity index (χ3n) is 3.99. The van der Waals surface area contributed by atoms with E-state index in [1.54, 1.807) is 13.0 Å². The summed E-state index contributed by atoms with van der Waals surface area (Å²) in [7, 11) is -2.38. The zero-order valence-corrected chi connectivity index (χ0v) is 15.3. The molecule has 2 rings (SSSR count). The van der Waals surface area contributed by atoms with Crippen molar-refractivity contribution in [2.75, 3.05) is 51.5 Å². The summed E-state index contributed by atoms with van der Waals surface area (Å²) in [5.41, 5.74) is 2.17. The predicted octanol–water partition coefficient (Wildman–Crippen LogP) is 1.34. The number of hydrogen-bond acceptors (Lipinski definition) is 6. The lowest BCUT2D eigenvalue weighted by Crippen LogP contribution is -2.36. The van der Waals surface area contributed by atoms with Crippen LogP contribution in [-0.2, 0) is 19.5 Å². The lowest BCUT2D eigenvalue weighted by molar-refractivity contribution is 0.122. The molecular formula is C17H23N3O4S. The minimum atomic E-state index is -3.86. The standard InChI is InChI=1S/C17H23N3O4S/c1-14(17(13-18)25(21,22)19-7-10-23-2)15-3-5-16(6-4-15)20-8-11-24-12-9-20/h3-6,19H,7-12H2,1-2H3/b17-14+. The molecule has 1 aromatic carbocycles. The number of nitrogens with zero attached hydrogens (tertiary/aromatic N) is 2. The van der Waals surface area contributed by atoms with E-state index in [-0.39, 0.29) is 18.1 Å². The van der Waals surface area contributed by atoms with Gasteiger partial charge in [-0.2, -0.15) is 5.26 Å². The molecule has 0 atom stereocenters. The highest BCUT2D eigenvalue weighted by Crippen LogP contribution is 2.24. The Bertz CT molecular complexity index is 745. The van der Waals surface area contributed by atoms with Crippen molar-refractivity contribution < 1.29 is 17.9 Å². The van der Waals surface area contributed by atoms with E-state index >= 15 is 0 Å². The van der Waals surface area contributed by atoms with Crippen LogP contribution in [0.1, 0.15) is 12.5 Å². The van der Waals surface area contributed by atoms with Crippen LogP contribution in [0.25, 0.3) is 5.57 Å². The molecule has 136 valence electrons. The molecule has 7 nitrogen and oxygen atoms in total. The maximum absolute atomic E-state index is 12.3. The normalized spacial score (nSPS) is 16.3. The second-order valence-corrected chi connectivity index (χ2v) is 7.31. The van der Waals surface area contributed by atoms with E-state index in [0.29, 0.717) is 24.4 Å². The largest absolute Gasteiger partial charge is 0.383 e. The Morgan fingerprint density at radius 1 is 1.32 bits per heavy atom. The third-order valence-corrected chi connectivity index (χ3v) is 5.50. The zero-order chi connectivity index (χ0) is 18.3. The molecule has 1 fully saturated rings. The molecule has 1 aliphatic rings. The van der Waals surface area contributed by atoms with Crippen LogP contribution in [-0.4, -0.2) is 55.0 Å². The lowest BCUT2D eigenvalue weighted by atomic mass is 10.1. The van der Waals surface area contributed by atoms with Gasteiger partial charge in [-0.25, -0.2) is 13.1 Å². The minimum Gasteiger partial charge on any atom is -0.383 e. The fourth-order valence-corrected chi connectivity index (χ4v) is 3.71. The van der Waals surface area contributed by atoms with Crippen molar-refractivity contribution in [2.45, 2.75) is 6.92 Å². The van der Waals surface area contributed by atoms with Crippen molar-refractivity contribution in [3.8, 4) is 6.07 Å². The maximum Gasteiger partial charge on any atom is 0.251 e. The van der Waals surface area contributed by atoms with E-state index in [1.165, 1.54) is 7.11 Å². The van der Waals surface area contributed by atoms with E-state index in [2.05, 4.69) is 9.62 Å². The van der Waals surface area contributed by atoms with Crippen molar-refractivity contribution in [2.24, 2.45) is 0 Å². The first kappa shape index (κ1) is 19.4. The van der Waals surface area contributed by atoms with E-state index in [4.69, 9.17) is 9.47 Å². The molecule has 0 saturated carbocycles. The number of ether oxygens (including phenoxy) is 2. The van der Waals surface area contributed by atoms with E-state index in [1.807, 2.05) is 24.3 Å². The Hall–Kier alpha value is -1.92. The minimum absolute atomic E-state index is 0.118. The van der Waals surface area contributed by atoms with Gasteiger partial charge in [0.25, 0.3) is 10.0 Å². The van der Waals surface area contributed by atoms with Crippen LogP contribution in [0.2, 0.25) is 0 Å². The number of nitrogens with one attached hydrogen (secondary N) is 1. The first-order valence-electron chi connectivity index (χ1n) is 8.02. The van der Waals surface area contributed by atoms with Gasteiger partial charge >= 0.3 is 0 Å². The first-order valence-corrected chi connectivity index (χ1v) is 9.50. The average molecular weight is 365 g/mol. The molecule has 1 aromatic rings. The number of sulfonamides is 1. The van der Waals surface area contributed by atoms with Crippen LogP contribution >= 0.6 is 0 Å². The smallest absolute Gasteiger partial charge is 0.251 e. The van der Waals surface area contributed by atoms with Gasteiger partial charge in [0, 0.05) is 32.4 Å². The monoisotopic (exact) mass is 365 g/mol. The number of rotatable bonds is 7. The summed E-state index contributed by atoms with van der Waals surface area (Å²) in [6.07, 6.45) is 0. The Kier molecular flexibility index (Phi) is 6.96. The van der Waals surface area contributed by atoms with E-state index in [0.717, 1.165) is 18.8 Å². The predicted molar refractivity (Wildman–Crippen MR) is 96.5 cm³/mol. The van der Waals surface area contributed by atoms with Gasteiger partial charge in [-0.15, -0.1) is 0 Å². The topological polar surface area (TPSA) is 91.7 Å². The maximum atomic E-state index is 12.3. The summed E-state index contributed by atoms with van der Waals surface area (Å²) < 4.78 is 37.1. The molecule has 8 heteroatoms. The van der Waals surface area contributed by atoms with Gasteiger partial charge in [-0.1, -0.05) is 12.1 Å². The summed E-state index contributed by atoms with van der Waals surface area (Å²) >= 11 is 0. The fraction of sp³-hybridized carbons (Fsp3) is 0.471. The van der Waals surface area contributed by atoms with Gasteiger partial charge < -0.3 is 14.4 Å². The number of morpholine rings is 1. The molecule has 1 saturated heterocycles. The molecule has 0 spiro atoms. The van der Waals surface area contributed by atoms with Gasteiger partial charge in [0.15, 0.2) is 4.91 Å². The summed E-state index contributed by atoms with van der Waals surface area (Å²) in [5, 5.41) is 9.33. The first-order chi connectivity index (χ1) is 12.0. The number of allylic oxidation sites excluding steroid dienone is 2. The molecule has 1 heterocycles. The van der Waals surface area contributed by atoms with Crippen molar-refractivity contribution in [1.82, 2.24) is 4.72 Å². The van der Waals surface area contributed by atoms with Crippen LogP contribution in [0.15, 0.2) is 29.2 Å². The van der Waals surface area contributed by atoms with Crippen LogP contribution in [0.4, 0.5) is 5.69 Å². The quantitative estimate of drug-likeness (QED) is 0.579. The van der Waals surface area contributed by atoms with Crippen LogP contribution in [0.3, 0.4) is 0 Å². The highest BCUT2D eigenvalue weighted by atomic mass is 32.2. The fourth-order valence-electron chi connectivity index (χ4n) is 2.57. The van der Waals surface area contributed by atoms with Gasteiger partial charge in [-0.05, 0) is 30.2 Å². The number of benzene rings is 1. The Balaban J connectivity index is 2.22. The molecule has 0 unspecified atom stereocenters. The highest BCUT2D eigenvalue weighted by Gasteiger charge is 2.21. The molecule has 1 N–H and O–H groups in total. The Labute approximate surface area is 148 Å². The van der Waals surface area contributed by atoms with Crippen molar-refractivity contribution in [3.05, 3.63) is 34.7 Å². The number of methoxy groups -OCH3 is 1. The summed E-state index contributed by atoms with van der Waals surface area (Å²) in [6.45, 7) is 5.05. The highest BCUT2D eigenvalue weighted by molar-refractivity contribution is 7.93. The number of anilines is 1. The third kappa shape index (κ3) is 5.03. The van der Waals surface area contributed by atoms with Crippen LogP contribution in [0.5, 0.6) is 0 Å². The second kappa shape index (κ2) is 8.97. The van der Waals surface area contributed by atoms with Crippen LogP contribution < -0.4 is 9.62 Å². The van der Waals surface area contributed by atoms with E-state index in [9.17, 15) is 13.7 Å². The Morgan fingerprint density at radius 2 is 1.96 bits per heavy atom. The molecule has 0 radical (unpaired) electrons. The van der Waals surface area contributed by atoms with Gasteiger partial charge in [0.1, 0.15) is 6.07 Å². The Morgan fingerprint density at radius 3 is 2.52 bits per heavy atom. The average Bonchev–Trinajstić information content (AvgIpc) is 2.63. The summed E-state index contributed by atoms with van der Waals surface area (Å²) in [4.78, 5) is 1.93. The molecular weight excluding hydrogens is 342 g/mol. The van der Waals surface area contributed by atoms with Gasteiger partial charge in [0.2, 0.25) is 0 Å². The molecule has 0 aromatic heterocycles. The van der Waals surface area contributed by atoms with Gasteiger partial charge in [-0.3, -0.25) is 0 Å².